The third kappa shape index (κ3) is 5.43. The van der Waals surface area contributed by atoms with Crippen molar-refractivity contribution in [2.45, 2.75) is 83.5 Å². The van der Waals surface area contributed by atoms with E-state index >= 15 is 0 Å². The Bertz CT molecular complexity index is 359. The third-order valence-electron chi connectivity index (χ3n) is 4.70. The van der Waals surface area contributed by atoms with Crippen molar-refractivity contribution in [3.05, 3.63) is 0 Å². The molecule has 0 radical (unpaired) electrons. The van der Waals surface area contributed by atoms with Crippen LogP contribution in [0.15, 0.2) is 0 Å². The van der Waals surface area contributed by atoms with E-state index in [2.05, 4.69) is 22.5 Å². The number of nitrogens with one attached hydrogen (secondary N) is 2. The highest BCUT2D eigenvalue weighted by Crippen LogP contribution is 2.22. The van der Waals surface area contributed by atoms with Gasteiger partial charge in [0.2, 0.25) is 0 Å². The fourth-order valence-corrected chi connectivity index (χ4v) is 3.51. The molecule has 128 valence electrons. The minimum absolute atomic E-state index is 0.207. The third-order valence-corrected chi connectivity index (χ3v) is 4.70. The lowest BCUT2D eigenvalue weighted by Gasteiger charge is -2.34. The minimum atomic E-state index is -0.432. The molecule has 2 atom stereocenters. The van der Waals surface area contributed by atoms with Crippen LogP contribution in [0.5, 0.6) is 0 Å². The number of piperidine rings is 1. The predicted octanol–water partition coefficient (Wildman–Crippen LogP) is 2.51. The van der Waals surface area contributed by atoms with Gasteiger partial charge in [-0.15, -0.1) is 0 Å². The highest BCUT2D eigenvalue weighted by molar-refractivity contribution is 5.68. The van der Waals surface area contributed by atoms with E-state index in [1.54, 1.807) is 0 Å². The first-order valence-electron chi connectivity index (χ1n) is 8.85. The second-order valence-electron chi connectivity index (χ2n) is 7.67. The highest BCUT2D eigenvalue weighted by atomic mass is 16.6. The van der Waals surface area contributed by atoms with Gasteiger partial charge in [0, 0.05) is 18.1 Å². The second kappa shape index (κ2) is 7.64. The zero-order valence-electron chi connectivity index (χ0n) is 14.7. The van der Waals surface area contributed by atoms with Crippen LogP contribution in [0.2, 0.25) is 0 Å². The van der Waals surface area contributed by atoms with Crippen LogP contribution in [0.4, 0.5) is 4.79 Å². The molecule has 0 aromatic heterocycles. The van der Waals surface area contributed by atoms with E-state index in [0.717, 1.165) is 19.4 Å². The Kier molecular flexibility index (Phi) is 6.09. The number of nitrogens with zero attached hydrogens (tertiary/aromatic N) is 1. The number of ether oxygens (including phenoxy) is 1. The molecule has 5 heteroatoms. The van der Waals surface area contributed by atoms with Gasteiger partial charge in [-0.05, 0) is 72.5 Å². The van der Waals surface area contributed by atoms with Crippen LogP contribution in [-0.4, -0.2) is 54.4 Å². The van der Waals surface area contributed by atoms with E-state index in [4.69, 9.17) is 4.74 Å². The van der Waals surface area contributed by atoms with Crippen LogP contribution in [0.25, 0.3) is 0 Å². The second-order valence-corrected chi connectivity index (χ2v) is 7.67. The van der Waals surface area contributed by atoms with E-state index < -0.39 is 5.60 Å². The highest BCUT2D eigenvalue weighted by Gasteiger charge is 2.32. The fourth-order valence-electron chi connectivity index (χ4n) is 3.51. The Morgan fingerprint density at radius 3 is 2.36 bits per heavy atom. The van der Waals surface area contributed by atoms with Gasteiger partial charge in [0.25, 0.3) is 0 Å². The minimum Gasteiger partial charge on any atom is -0.444 e. The van der Waals surface area contributed by atoms with Crippen LogP contribution in [0.3, 0.4) is 0 Å². The molecule has 1 saturated carbocycles. The van der Waals surface area contributed by atoms with Crippen molar-refractivity contribution in [2.75, 3.05) is 19.6 Å². The standard InChI is InChI=1S/C17H33N3O2/c1-5-20-11-9-13(10-12-20)18-14-7-6-8-15(14)19-16(21)22-17(2,3)4/h13-15,18H,5-12H2,1-4H3,(H,19,21). The van der Waals surface area contributed by atoms with E-state index in [1.807, 2.05) is 20.8 Å². The lowest BCUT2D eigenvalue weighted by molar-refractivity contribution is 0.0495. The lowest BCUT2D eigenvalue weighted by Crippen LogP contribution is -2.53. The molecule has 1 aliphatic heterocycles. The van der Waals surface area contributed by atoms with Crippen molar-refractivity contribution in [3.8, 4) is 0 Å². The summed E-state index contributed by atoms with van der Waals surface area (Å²) in [6.45, 7) is 11.5. The summed E-state index contributed by atoms with van der Waals surface area (Å²) >= 11 is 0. The molecule has 2 aliphatic rings. The van der Waals surface area contributed by atoms with Gasteiger partial charge in [0.05, 0.1) is 0 Å². The molecule has 2 N–H and O–H groups in total. The van der Waals surface area contributed by atoms with Gasteiger partial charge in [-0.25, -0.2) is 4.79 Å². The van der Waals surface area contributed by atoms with Crippen LogP contribution in [-0.2, 0) is 4.74 Å². The lowest BCUT2D eigenvalue weighted by atomic mass is 10.0. The molecule has 0 aromatic carbocycles. The van der Waals surface area contributed by atoms with Gasteiger partial charge >= 0.3 is 6.09 Å². The summed E-state index contributed by atoms with van der Waals surface area (Å²) in [7, 11) is 0. The van der Waals surface area contributed by atoms with Gasteiger partial charge in [-0.2, -0.15) is 0 Å². The fraction of sp³-hybridized carbons (Fsp3) is 0.941. The molecule has 0 aromatic rings. The normalized spacial score (nSPS) is 27.8. The van der Waals surface area contributed by atoms with Crippen molar-refractivity contribution in [1.29, 1.82) is 0 Å². The molecule has 2 unspecified atom stereocenters. The van der Waals surface area contributed by atoms with Crippen LogP contribution < -0.4 is 10.6 Å². The quantitative estimate of drug-likeness (QED) is 0.837. The van der Waals surface area contributed by atoms with E-state index in [9.17, 15) is 4.79 Å². The predicted molar refractivity (Wildman–Crippen MR) is 89.1 cm³/mol. The number of carbonyl (C=O) groups is 1. The zero-order valence-corrected chi connectivity index (χ0v) is 14.7. The largest absolute Gasteiger partial charge is 0.444 e. The number of hydrogen-bond acceptors (Lipinski definition) is 4. The van der Waals surface area contributed by atoms with Crippen molar-refractivity contribution in [2.24, 2.45) is 0 Å². The van der Waals surface area contributed by atoms with E-state index in [-0.39, 0.29) is 12.1 Å². The number of likely N-dealkylation sites (tertiary alicyclic amines) is 1. The number of alkyl carbamates (subject to hydrolysis) is 1. The smallest absolute Gasteiger partial charge is 0.407 e. The van der Waals surface area contributed by atoms with Gasteiger partial charge < -0.3 is 20.3 Å². The van der Waals surface area contributed by atoms with Gasteiger partial charge in [0.15, 0.2) is 0 Å². The first kappa shape index (κ1) is 17.5. The van der Waals surface area contributed by atoms with Crippen LogP contribution in [0, 0.1) is 0 Å². The molecule has 0 bridgehead atoms. The monoisotopic (exact) mass is 311 g/mol. The van der Waals surface area contributed by atoms with Crippen molar-refractivity contribution >= 4 is 6.09 Å². The molecule has 1 heterocycles. The van der Waals surface area contributed by atoms with Crippen LogP contribution >= 0.6 is 0 Å². The summed E-state index contributed by atoms with van der Waals surface area (Å²) in [4.78, 5) is 14.5. The Hall–Kier alpha value is -0.810. The van der Waals surface area contributed by atoms with Gasteiger partial charge in [0.1, 0.15) is 5.60 Å². The summed E-state index contributed by atoms with van der Waals surface area (Å²) in [5.74, 6) is 0. The summed E-state index contributed by atoms with van der Waals surface area (Å²) < 4.78 is 5.38. The number of carbonyl (C=O) groups excluding carboxylic acids is 1. The summed E-state index contributed by atoms with van der Waals surface area (Å²) in [6, 6.07) is 1.19. The molecule has 2 rings (SSSR count). The average molecular weight is 311 g/mol. The number of rotatable bonds is 4. The Labute approximate surface area is 135 Å². The summed E-state index contributed by atoms with van der Waals surface area (Å²) in [5.41, 5.74) is -0.432. The number of hydrogen-bond donors (Lipinski definition) is 2. The molecule has 1 aliphatic carbocycles. The molecular weight excluding hydrogens is 278 g/mol. The maximum absolute atomic E-state index is 12.0. The SMILES string of the molecule is CCN1CCC(NC2CCCC2NC(=O)OC(C)(C)C)CC1. The number of amides is 1. The van der Waals surface area contributed by atoms with Crippen molar-refractivity contribution in [1.82, 2.24) is 15.5 Å². The molecule has 5 nitrogen and oxygen atoms in total. The average Bonchev–Trinajstić information content (AvgIpc) is 2.84. The maximum atomic E-state index is 12.0. The van der Waals surface area contributed by atoms with Gasteiger partial charge in [-0.3, -0.25) is 0 Å². The molecular formula is C17H33N3O2. The Morgan fingerprint density at radius 2 is 1.77 bits per heavy atom. The first-order valence-corrected chi connectivity index (χ1v) is 8.85. The molecule has 1 saturated heterocycles. The van der Waals surface area contributed by atoms with E-state index in [1.165, 1.54) is 32.4 Å². The maximum Gasteiger partial charge on any atom is 0.407 e. The van der Waals surface area contributed by atoms with Gasteiger partial charge in [-0.1, -0.05) is 6.92 Å². The molecule has 2 fully saturated rings. The van der Waals surface area contributed by atoms with Crippen molar-refractivity contribution < 1.29 is 9.53 Å². The molecule has 1 amide bonds. The molecule has 0 spiro atoms. The zero-order chi connectivity index (χ0) is 16.2. The van der Waals surface area contributed by atoms with Crippen molar-refractivity contribution in [3.63, 3.8) is 0 Å². The van der Waals surface area contributed by atoms with E-state index in [0.29, 0.717) is 12.1 Å². The Morgan fingerprint density at radius 1 is 1.14 bits per heavy atom. The Balaban J connectivity index is 1.77. The topological polar surface area (TPSA) is 53.6 Å². The summed E-state index contributed by atoms with van der Waals surface area (Å²) in [5, 5.41) is 6.84. The molecule has 22 heavy (non-hydrogen) atoms. The first-order chi connectivity index (χ1) is 10.4. The summed E-state index contributed by atoms with van der Waals surface area (Å²) in [6.07, 6.45) is 5.50. The van der Waals surface area contributed by atoms with Crippen LogP contribution in [0.1, 0.15) is 59.8 Å².